The number of rotatable bonds is 5. The van der Waals surface area contributed by atoms with Crippen molar-refractivity contribution in [3.8, 4) is 0 Å². The summed E-state index contributed by atoms with van der Waals surface area (Å²) < 4.78 is 0. The van der Waals surface area contributed by atoms with Gasteiger partial charge in [-0.05, 0) is 45.6 Å². The van der Waals surface area contributed by atoms with Gasteiger partial charge in [-0.25, -0.2) is 0 Å². The summed E-state index contributed by atoms with van der Waals surface area (Å²) in [4.78, 5) is 16.8. The first kappa shape index (κ1) is 14.5. The van der Waals surface area contributed by atoms with Crippen LogP contribution in [0, 0.1) is 0 Å². The van der Waals surface area contributed by atoms with Gasteiger partial charge in [-0.1, -0.05) is 23.7 Å². The van der Waals surface area contributed by atoms with Gasteiger partial charge in [0, 0.05) is 23.2 Å². The standard InChI is InChI=1S/C15H21ClN2O/c1-17(2)10-14-7-4-8-18(14)11-15(19)12-5-3-6-13(16)9-12/h3,5-6,9,14H,4,7-8,10-11H2,1-2H3. The zero-order chi connectivity index (χ0) is 13.8. The maximum absolute atomic E-state index is 12.3. The Labute approximate surface area is 120 Å². The Morgan fingerprint density at radius 1 is 1.47 bits per heavy atom. The third kappa shape index (κ3) is 4.03. The molecular formula is C15H21ClN2O. The van der Waals surface area contributed by atoms with Crippen molar-refractivity contribution in [1.29, 1.82) is 0 Å². The van der Waals surface area contributed by atoms with Gasteiger partial charge in [-0.15, -0.1) is 0 Å². The third-order valence-electron chi connectivity index (χ3n) is 3.57. The summed E-state index contributed by atoms with van der Waals surface area (Å²) >= 11 is 5.93. The molecule has 1 aliphatic rings. The fourth-order valence-corrected chi connectivity index (χ4v) is 2.86. The second kappa shape index (κ2) is 6.51. The van der Waals surface area contributed by atoms with Gasteiger partial charge in [0.25, 0.3) is 0 Å². The molecule has 0 aromatic heterocycles. The van der Waals surface area contributed by atoms with Gasteiger partial charge in [0.1, 0.15) is 0 Å². The molecule has 1 aliphatic heterocycles. The van der Waals surface area contributed by atoms with Crippen LogP contribution in [0.15, 0.2) is 24.3 Å². The fraction of sp³-hybridized carbons (Fsp3) is 0.533. The molecule has 1 saturated heterocycles. The van der Waals surface area contributed by atoms with E-state index in [0.29, 0.717) is 23.2 Å². The normalized spacial score (nSPS) is 20.1. The topological polar surface area (TPSA) is 23.6 Å². The summed E-state index contributed by atoms with van der Waals surface area (Å²) in [5.74, 6) is 0.160. The number of hydrogen-bond acceptors (Lipinski definition) is 3. The van der Waals surface area contributed by atoms with Gasteiger partial charge in [0.15, 0.2) is 5.78 Å². The molecular weight excluding hydrogens is 260 g/mol. The van der Waals surface area contributed by atoms with Crippen molar-refractivity contribution in [3.05, 3.63) is 34.9 Å². The van der Waals surface area contributed by atoms with E-state index in [-0.39, 0.29) is 5.78 Å². The quantitative estimate of drug-likeness (QED) is 0.775. The van der Waals surface area contributed by atoms with E-state index in [1.165, 1.54) is 12.8 Å². The molecule has 1 aromatic rings. The van der Waals surface area contributed by atoms with Gasteiger partial charge >= 0.3 is 0 Å². The third-order valence-corrected chi connectivity index (χ3v) is 3.80. The predicted molar refractivity (Wildman–Crippen MR) is 78.9 cm³/mol. The number of halogens is 1. The zero-order valence-corrected chi connectivity index (χ0v) is 12.4. The number of hydrogen-bond donors (Lipinski definition) is 0. The highest BCUT2D eigenvalue weighted by molar-refractivity contribution is 6.31. The van der Waals surface area contributed by atoms with Crippen LogP contribution in [0.25, 0.3) is 0 Å². The first-order valence-corrected chi connectivity index (χ1v) is 7.11. The maximum Gasteiger partial charge on any atom is 0.176 e. The number of nitrogens with zero attached hydrogens (tertiary/aromatic N) is 2. The maximum atomic E-state index is 12.3. The molecule has 104 valence electrons. The van der Waals surface area contributed by atoms with Gasteiger partial charge in [-0.3, -0.25) is 9.69 Å². The molecule has 0 bridgehead atoms. The molecule has 1 fully saturated rings. The van der Waals surface area contributed by atoms with Crippen LogP contribution in [0.3, 0.4) is 0 Å². The molecule has 1 unspecified atom stereocenters. The summed E-state index contributed by atoms with van der Waals surface area (Å²) in [5, 5.41) is 0.622. The Hall–Kier alpha value is -0.900. The molecule has 1 atom stereocenters. The highest BCUT2D eigenvalue weighted by Crippen LogP contribution is 2.19. The van der Waals surface area contributed by atoms with Crippen LogP contribution < -0.4 is 0 Å². The predicted octanol–water partition coefficient (Wildman–Crippen LogP) is 2.55. The molecule has 0 radical (unpaired) electrons. The fourth-order valence-electron chi connectivity index (χ4n) is 2.67. The van der Waals surface area contributed by atoms with Crippen LogP contribution in [-0.4, -0.2) is 55.4 Å². The van der Waals surface area contributed by atoms with Crippen molar-refractivity contribution in [1.82, 2.24) is 9.80 Å². The Kier molecular flexibility index (Phi) is 4.97. The van der Waals surface area contributed by atoms with E-state index in [1.807, 2.05) is 12.1 Å². The number of Topliss-reactive ketones (excluding diaryl/α,β-unsaturated/α-hetero) is 1. The minimum Gasteiger partial charge on any atom is -0.308 e. The van der Waals surface area contributed by atoms with E-state index < -0.39 is 0 Å². The highest BCUT2D eigenvalue weighted by atomic mass is 35.5. The molecule has 0 saturated carbocycles. The molecule has 0 N–H and O–H groups in total. The van der Waals surface area contributed by atoms with E-state index in [0.717, 1.165) is 13.1 Å². The van der Waals surface area contributed by atoms with Crippen LogP contribution in [0.5, 0.6) is 0 Å². The van der Waals surface area contributed by atoms with Crippen molar-refractivity contribution in [2.75, 3.05) is 33.7 Å². The first-order chi connectivity index (χ1) is 9.06. The van der Waals surface area contributed by atoms with Crippen LogP contribution in [0.2, 0.25) is 5.02 Å². The Bertz CT molecular complexity index is 448. The minimum atomic E-state index is 0.160. The van der Waals surface area contributed by atoms with E-state index in [9.17, 15) is 4.79 Å². The Morgan fingerprint density at radius 3 is 2.95 bits per heavy atom. The summed E-state index contributed by atoms with van der Waals surface area (Å²) in [7, 11) is 4.16. The molecule has 2 rings (SSSR count). The molecule has 4 heteroatoms. The number of benzene rings is 1. The van der Waals surface area contributed by atoms with Gasteiger partial charge in [0.2, 0.25) is 0 Å². The SMILES string of the molecule is CN(C)CC1CCCN1CC(=O)c1cccc(Cl)c1. The van der Waals surface area contributed by atoms with Crippen LogP contribution >= 0.6 is 11.6 Å². The van der Waals surface area contributed by atoms with Crippen LogP contribution in [0.4, 0.5) is 0 Å². The number of carbonyl (C=O) groups is 1. The zero-order valence-electron chi connectivity index (χ0n) is 11.6. The largest absolute Gasteiger partial charge is 0.308 e. The first-order valence-electron chi connectivity index (χ1n) is 6.74. The van der Waals surface area contributed by atoms with Gasteiger partial charge in [-0.2, -0.15) is 0 Å². The molecule has 0 amide bonds. The number of likely N-dealkylation sites (tertiary alicyclic amines) is 1. The van der Waals surface area contributed by atoms with Crippen LogP contribution in [0.1, 0.15) is 23.2 Å². The molecule has 1 heterocycles. The van der Waals surface area contributed by atoms with Gasteiger partial charge in [0.05, 0.1) is 6.54 Å². The van der Waals surface area contributed by atoms with Crippen molar-refractivity contribution < 1.29 is 4.79 Å². The lowest BCUT2D eigenvalue weighted by atomic mass is 10.1. The summed E-state index contributed by atoms with van der Waals surface area (Å²) in [6.07, 6.45) is 2.36. The van der Waals surface area contributed by atoms with Gasteiger partial charge < -0.3 is 4.90 Å². The lowest BCUT2D eigenvalue weighted by Crippen LogP contribution is -2.40. The molecule has 19 heavy (non-hydrogen) atoms. The smallest absolute Gasteiger partial charge is 0.176 e. The molecule has 3 nitrogen and oxygen atoms in total. The summed E-state index contributed by atoms with van der Waals surface area (Å²) in [5.41, 5.74) is 0.711. The monoisotopic (exact) mass is 280 g/mol. The average Bonchev–Trinajstić information content (AvgIpc) is 2.75. The van der Waals surface area contributed by atoms with E-state index in [4.69, 9.17) is 11.6 Å². The van der Waals surface area contributed by atoms with E-state index in [1.54, 1.807) is 12.1 Å². The van der Waals surface area contributed by atoms with Crippen molar-refractivity contribution in [2.45, 2.75) is 18.9 Å². The van der Waals surface area contributed by atoms with Crippen molar-refractivity contribution >= 4 is 17.4 Å². The number of ketones is 1. The second-order valence-corrected chi connectivity index (χ2v) is 5.90. The Balaban J connectivity index is 1.98. The van der Waals surface area contributed by atoms with Crippen LogP contribution in [-0.2, 0) is 0 Å². The average molecular weight is 281 g/mol. The summed E-state index contributed by atoms with van der Waals surface area (Å²) in [6, 6.07) is 7.71. The number of carbonyl (C=O) groups excluding carboxylic acids is 1. The lowest BCUT2D eigenvalue weighted by Gasteiger charge is -2.26. The highest BCUT2D eigenvalue weighted by Gasteiger charge is 2.26. The molecule has 0 spiro atoms. The minimum absolute atomic E-state index is 0.160. The van der Waals surface area contributed by atoms with E-state index in [2.05, 4.69) is 23.9 Å². The summed E-state index contributed by atoms with van der Waals surface area (Å²) in [6.45, 7) is 2.53. The van der Waals surface area contributed by atoms with E-state index >= 15 is 0 Å². The van der Waals surface area contributed by atoms with Crippen molar-refractivity contribution in [2.24, 2.45) is 0 Å². The molecule has 1 aromatic carbocycles. The second-order valence-electron chi connectivity index (χ2n) is 5.46. The van der Waals surface area contributed by atoms with Crippen molar-refractivity contribution in [3.63, 3.8) is 0 Å². The molecule has 0 aliphatic carbocycles. The Morgan fingerprint density at radius 2 is 2.26 bits per heavy atom. The number of likely N-dealkylation sites (N-methyl/N-ethyl adjacent to an activating group) is 1. The lowest BCUT2D eigenvalue weighted by molar-refractivity contribution is 0.0910.